The predicted octanol–water partition coefficient (Wildman–Crippen LogP) is 3.78. The lowest BCUT2D eigenvalue weighted by Gasteiger charge is -2.27. The van der Waals surface area contributed by atoms with Gasteiger partial charge in [0.1, 0.15) is 0 Å². The topological polar surface area (TPSA) is 84.4 Å². The first-order valence-corrected chi connectivity index (χ1v) is 9.46. The van der Waals surface area contributed by atoms with Crippen molar-refractivity contribution in [2.75, 3.05) is 0 Å². The summed E-state index contributed by atoms with van der Waals surface area (Å²) in [4.78, 5) is 11.4. The van der Waals surface area contributed by atoms with E-state index in [1.165, 1.54) is 11.1 Å². The number of urea groups is 1. The van der Waals surface area contributed by atoms with Crippen LogP contribution in [0.4, 0.5) is 4.79 Å². The van der Waals surface area contributed by atoms with Crippen LogP contribution in [-0.4, -0.2) is 32.1 Å². The normalized spacial score (nSPS) is 15.9. The van der Waals surface area contributed by atoms with Crippen LogP contribution in [0.15, 0.2) is 48.5 Å². The Kier molecular flexibility index (Phi) is 4.65. The molecule has 6 nitrogen and oxygen atoms in total. The Balaban J connectivity index is 1.85. The number of carbonyl (C=O) groups is 1. The molecular formula is C22H24N4O2. The summed E-state index contributed by atoms with van der Waals surface area (Å²) in [6.45, 7) is 4.12. The number of nitrogens with two attached hydrogens (primary N) is 1. The van der Waals surface area contributed by atoms with Crippen LogP contribution in [0.25, 0.3) is 16.9 Å². The van der Waals surface area contributed by atoms with Crippen LogP contribution < -0.4 is 5.73 Å². The second-order valence-electron chi connectivity index (χ2n) is 7.47. The summed E-state index contributed by atoms with van der Waals surface area (Å²) in [5.41, 5.74) is 12.8. The van der Waals surface area contributed by atoms with Crippen molar-refractivity contribution in [3.05, 3.63) is 70.9 Å². The van der Waals surface area contributed by atoms with Crippen molar-refractivity contribution in [2.24, 2.45) is 5.73 Å². The number of amides is 2. The molecule has 0 fully saturated rings. The van der Waals surface area contributed by atoms with Crippen LogP contribution in [0.2, 0.25) is 0 Å². The molecule has 4 rings (SSSR count). The van der Waals surface area contributed by atoms with Gasteiger partial charge in [0.05, 0.1) is 23.1 Å². The number of benzene rings is 2. The van der Waals surface area contributed by atoms with E-state index in [4.69, 9.17) is 10.8 Å². The smallest absolute Gasteiger partial charge is 0.338 e. The van der Waals surface area contributed by atoms with Crippen molar-refractivity contribution in [1.29, 1.82) is 0 Å². The van der Waals surface area contributed by atoms with Crippen LogP contribution >= 0.6 is 0 Å². The first-order valence-electron chi connectivity index (χ1n) is 9.46. The minimum absolute atomic E-state index is 0.343. The fourth-order valence-corrected chi connectivity index (χ4v) is 3.82. The summed E-state index contributed by atoms with van der Waals surface area (Å²) >= 11 is 0. The molecular weight excluding hydrogens is 352 g/mol. The summed E-state index contributed by atoms with van der Waals surface area (Å²) in [6.07, 6.45) is 1.83. The monoisotopic (exact) mass is 376 g/mol. The molecule has 3 aromatic rings. The highest BCUT2D eigenvalue weighted by Gasteiger charge is 2.31. The molecule has 1 unspecified atom stereocenters. The largest absolute Gasteiger partial charge is 0.350 e. The zero-order valence-corrected chi connectivity index (χ0v) is 16.1. The first kappa shape index (κ1) is 18.3. The maximum absolute atomic E-state index is 11.4. The van der Waals surface area contributed by atoms with Gasteiger partial charge in [0.2, 0.25) is 0 Å². The molecule has 3 N–H and O–H groups in total. The predicted molar refractivity (Wildman–Crippen MR) is 107 cm³/mol. The first-order chi connectivity index (χ1) is 13.4. The molecule has 28 heavy (non-hydrogen) atoms. The molecule has 0 bridgehead atoms. The van der Waals surface area contributed by atoms with E-state index >= 15 is 0 Å². The Morgan fingerprint density at radius 3 is 2.32 bits per heavy atom. The Bertz CT molecular complexity index is 1010. The number of hydrogen-bond acceptors (Lipinski definition) is 3. The number of hydrogen-bond donors (Lipinski definition) is 2. The highest BCUT2D eigenvalue weighted by atomic mass is 16.5. The third kappa shape index (κ3) is 3.27. The van der Waals surface area contributed by atoms with Gasteiger partial charge in [-0.2, -0.15) is 5.10 Å². The van der Waals surface area contributed by atoms with Gasteiger partial charge in [0, 0.05) is 11.1 Å². The third-order valence-electron chi connectivity index (χ3n) is 5.40. The van der Waals surface area contributed by atoms with Gasteiger partial charge in [-0.1, -0.05) is 47.5 Å². The van der Waals surface area contributed by atoms with Gasteiger partial charge in [-0.3, -0.25) is 5.21 Å². The van der Waals surface area contributed by atoms with E-state index in [-0.39, 0.29) is 6.04 Å². The van der Waals surface area contributed by atoms with Crippen LogP contribution in [0.5, 0.6) is 0 Å². The SMILES string of the molecule is Cc1ccc(-c2c3c(nn2-c2ccc(C)cc2)CCC(N(O)C(N)=O)C3)cc1. The van der Waals surface area contributed by atoms with Crippen molar-refractivity contribution in [3.63, 3.8) is 0 Å². The van der Waals surface area contributed by atoms with E-state index in [2.05, 4.69) is 62.4 Å². The minimum atomic E-state index is -0.823. The van der Waals surface area contributed by atoms with E-state index in [1.807, 2.05) is 4.68 Å². The molecule has 0 saturated carbocycles. The second-order valence-corrected chi connectivity index (χ2v) is 7.47. The van der Waals surface area contributed by atoms with Crippen molar-refractivity contribution < 1.29 is 10.0 Å². The number of fused-ring (bicyclic) bond motifs is 1. The molecule has 2 aromatic carbocycles. The lowest BCUT2D eigenvalue weighted by Crippen LogP contribution is -2.43. The van der Waals surface area contributed by atoms with Gasteiger partial charge in [0.15, 0.2) is 0 Å². The van der Waals surface area contributed by atoms with E-state index in [0.29, 0.717) is 24.3 Å². The van der Waals surface area contributed by atoms with Crippen LogP contribution in [0.3, 0.4) is 0 Å². The molecule has 0 radical (unpaired) electrons. The molecule has 1 atom stereocenters. The van der Waals surface area contributed by atoms with Gasteiger partial charge in [-0.05, 0) is 45.2 Å². The van der Waals surface area contributed by atoms with E-state index in [0.717, 1.165) is 28.2 Å². The number of nitrogens with zero attached hydrogens (tertiary/aromatic N) is 3. The third-order valence-corrected chi connectivity index (χ3v) is 5.40. The summed E-state index contributed by atoms with van der Waals surface area (Å²) in [7, 11) is 0. The number of hydroxylamine groups is 2. The molecule has 0 saturated heterocycles. The quantitative estimate of drug-likeness (QED) is 0.539. The van der Waals surface area contributed by atoms with Crippen molar-refractivity contribution in [2.45, 2.75) is 39.2 Å². The maximum atomic E-state index is 11.4. The number of aryl methyl sites for hydroxylation is 3. The average Bonchev–Trinajstić information content (AvgIpc) is 3.07. The number of aromatic nitrogens is 2. The number of primary amides is 1. The Morgan fingerprint density at radius 2 is 1.71 bits per heavy atom. The molecule has 2 amide bonds. The molecule has 6 heteroatoms. The van der Waals surface area contributed by atoms with Crippen LogP contribution in [0.1, 0.15) is 28.8 Å². The number of rotatable bonds is 3. The van der Waals surface area contributed by atoms with Gasteiger partial charge < -0.3 is 5.73 Å². The summed E-state index contributed by atoms with van der Waals surface area (Å²) in [5, 5.41) is 15.6. The molecule has 1 aliphatic rings. The highest BCUT2D eigenvalue weighted by molar-refractivity contribution is 5.72. The minimum Gasteiger partial charge on any atom is -0.350 e. The fraction of sp³-hybridized carbons (Fsp3) is 0.273. The Morgan fingerprint density at radius 1 is 1.11 bits per heavy atom. The average molecular weight is 376 g/mol. The lowest BCUT2D eigenvalue weighted by atomic mass is 9.89. The molecule has 1 aliphatic carbocycles. The zero-order chi connectivity index (χ0) is 19.8. The van der Waals surface area contributed by atoms with E-state index in [9.17, 15) is 10.0 Å². The van der Waals surface area contributed by atoms with Crippen molar-refractivity contribution in [1.82, 2.24) is 14.8 Å². The highest BCUT2D eigenvalue weighted by Crippen LogP contribution is 2.35. The summed E-state index contributed by atoms with van der Waals surface area (Å²) < 4.78 is 1.98. The summed E-state index contributed by atoms with van der Waals surface area (Å²) in [6, 6.07) is 15.4. The van der Waals surface area contributed by atoms with Crippen LogP contribution in [0, 0.1) is 13.8 Å². The van der Waals surface area contributed by atoms with Crippen molar-refractivity contribution >= 4 is 6.03 Å². The summed E-state index contributed by atoms with van der Waals surface area (Å²) in [5.74, 6) is 0. The molecule has 1 heterocycles. The van der Waals surface area contributed by atoms with Crippen LogP contribution in [-0.2, 0) is 12.8 Å². The Hall–Kier alpha value is -3.12. The Labute approximate surface area is 164 Å². The fourth-order valence-electron chi connectivity index (χ4n) is 3.82. The van der Waals surface area contributed by atoms with Gasteiger partial charge >= 0.3 is 6.03 Å². The standard InChI is InChI=1S/C22H24N4O2/c1-14-3-7-16(8-4-14)21-19-13-18(26(28)22(23)27)11-12-20(19)24-25(21)17-9-5-15(2)6-10-17/h3-10,18,28H,11-13H2,1-2H3,(H2,23,27). The van der Waals surface area contributed by atoms with Gasteiger partial charge in [0.25, 0.3) is 0 Å². The lowest BCUT2D eigenvalue weighted by molar-refractivity contribution is -0.0781. The molecule has 144 valence electrons. The maximum Gasteiger partial charge on any atom is 0.338 e. The molecule has 0 spiro atoms. The van der Waals surface area contributed by atoms with E-state index in [1.54, 1.807) is 0 Å². The second kappa shape index (κ2) is 7.13. The molecule has 0 aliphatic heterocycles. The molecule has 1 aromatic heterocycles. The van der Waals surface area contributed by atoms with Gasteiger partial charge in [-0.25, -0.2) is 14.5 Å². The van der Waals surface area contributed by atoms with E-state index < -0.39 is 6.03 Å². The number of carbonyl (C=O) groups excluding carboxylic acids is 1. The van der Waals surface area contributed by atoms with Gasteiger partial charge in [-0.15, -0.1) is 0 Å². The zero-order valence-electron chi connectivity index (χ0n) is 16.1. The van der Waals surface area contributed by atoms with Crippen molar-refractivity contribution in [3.8, 4) is 16.9 Å².